The van der Waals surface area contributed by atoms with Crippen molar-refractivity contribution in [3.05, 3.63) is 81.5 Å². The number of para-hydroxylation sites is 1. The van der Waals surface area contributed by atoms with Crippen molar-refractivity contribution in [3.8, 4) is 16.9 Å². The molecule has 2 aliphatic rings. The molecule has 0 bridgehead atoms. The first-order chi connectivity index (χ1) is 21.8. The fourth-order valence-electron chi connectivity index (χ4n) is 6.22. The van der Waals surface area contributed by atoms with Gasteiger partial charge in [-0.2, -0.15) is 4.98 Å². The van der Waals surface area contributed by atoms with Crippen molar-refractivity contribution in [2.24, 2.45) is 0 Å². The first kappa shape index (κ1) is 31.6. The number of piperazine rings is 1. The Bertz CT molecular complexity index is 2100. The molecule has 1 amide bonds. The van der Waals surface area contributed by atoms with Crippen LogP contribution in [0.3, 0.4) is 0 Å². The lowest BCUT2D eigenvalue weighted by Crippen LogP contribution is -2.54. The molecule has 0 radical (unpaired) electrons. The van der Waals surface area contributed by atoms with E-state index >= 15 is 4.39 Å². The maximum absolute atomic E-state index is 16.4. The van der Waals surface area contributed by atoms with Crippen LogP contribution >= 0.6 is 11.6 Å². The highest BCUT2D eigenvalue weighted by Crippen LogP contribution is 2.41. The smallest absolute Gasteiger partial charge is 0.350 e. The van der Waals surface area contributed by atoms with E-state index in [1.807, 2.05) is 31.7 Å². The summed E-state index contributed by atoms with van der Waals surface area (Å²) in [5.74, 6) is -0.945. The van der Waals surface area contributed by atoms with Gasteiger partial charge in [0, 0.05) is 44.0 Å². The van der Waals surface area contributed by atoms with E-state index in [9.17, 15) is 18.0 Å². The number of halogens is 2. The summed E-state index contributed by atoms with van der Waals surface area (Å²) in [4.78, 5) is 39.2. The Hall–Kier alpha value is -4.33. The fraction of sp³-hybridized carbons (Fsp3) is 0.312. The molecule has 0 saturated carbocycles. The largest absolute Gasteiger partial charge is 0.355 e. The van der Waals surface area contributed by atoms with Gasteiger partial charge in [0.15, 0.2) is 21.3 Å². The Balaban J connectivity index is 1.70. The molecule has 0 spiro atoms. The molecule has 4 heterocycles. The summed E-state index contributed by atoms with van der Waals surface area (Å²) < 4.78 is 43.8. The molecule has 14 heteroatoms. The highest BCUT2D eigenvalue weighted by Gasteiger charge is 2.32. The molecule has 2 aliphatic heterocycles. The molecule has 2 aromatic heterocycles. The number of amides is 1. The van der Waals surface area contributed by atoms with Gasteiger partial charge in [-0.05, 0) is 48.2 Å². The molecule has 0 unspecified atom stereocenters. The fourth-order valence-corrected chi connectivity index (χ4v) is 7.35. The highest BCUT2D eigenvalue weighted by atomic mass is 35.5. The van der Waals surface area contributed by atoms with E-state index in [0.717, 1.165) is 11.8 Å². The van der Waals surface area contributed by atoms with Crippen LogP contribution in [0.15, 0.2) is 58.7 Å². The molecule has 6 rings (SSSR count). The quantitative estimate of drug-likeness (QED) is 0.288. The van der Waals surface area contributed by atoms with Gasteiger partial charge >= 0.3 is 5.69 Å². The van der Waals surface area contributed by atoms with Crippen LogP contribution in [0, 0.1) is 5.82 Å². The number of hydrogen-bond acceptors (Lipinski definition) is 9. The Kier molecular flexibility index (Phi) is 8.11. The normalized spacial score (nSPS) is 16.5. The summed E-state index contributed by atoms with van der Waals surface area (Å²) in [6.45, 7) is 10.7. The van der Waals surface area contributed by atoms with Crippen molar-refractivity contribution < 1.29 is 17.6 Å². The van der Waals surface area contributed by atoms with Crippen LogP contribution in [0.1, 0.15) is 37.8 Å². The lowest BCUT2D eigenvalue weighted by molar-refractivity contribution is -0.126. The number of aromatic nitrogens is 3. The summed E-state index contributed by atoms with van der Waals surface area (Å²) in [5.41, 5.74) is 7.54. The van der Waals surface area contributed by atoms with Crippen molar-refractivity contribution in [1.82, 2.24) is 24.9 Å². The van der Waals surface area contributed by atoms with Gasteiger partial charge < -0.3 is 15.2 Å². The topological polar surface area (TPSA) is 130 Å². The number of sulfone groups is 1. The van der Waals surface area contributed by atoms with E-state index in [4.69, 9.17) is 16.6 Å². The molecule has 11 nitrogen and oxygen atoms in total. The number of carbonyl (C=O) groups is 1. The van der Waals surface area contributed by atoms with Gasteiger partial charge in [0.2, 0.25) is 5.91 Å². The van der Waals surface area contributed by atoms with Crippen LogP contribution in [0.2, 0.25) is 5.02 Å². The van der Waals surface area contributed by atoms with E-state index in [2.05, 4.69) is 22.4 Å². The van der Waals surface area contributed by atoms with E-state index in [1.54, 1.807) is 23.1 Å². The SMILES string of the molecule is C=CC(=O)N1CCN(c2nc(=O)n(-c3c(C(C)C)cccc3S(C)(=O)=O)c3nc(-c4c(Cl)ccc5c4NNC5)c(F)cc23)[C@@H](C)C1. The number of carbonyl (C=O) groups excluding carboxylic acids is 1. The van der Waals surface area contributed by atoms with Crippen molar-refractivity contribution >= 4 is 49.9 Å². The van der Waals surface area contributed by atoms with Gasteiger partial charge in [-0.3, -0.25) is 4.79 Å². The second-order valence-corrected chi connectivity index (χ2v) is 14.2. The summed E-state index contributed by atoms with van der Waals surface area (Å²) in [6, 6.07) is 9.24. The first-order valence-corrected chi connectivity index (χ1v) is 17.0. The Morgan fingerprint density at radius 2 is 1.96 bits per heavy atom. The Labute approximate surface area is 270 Å². The zero-order chi connectivity index (χ0) is 33.1. The number of benzene rings is 2. The second-order valence-electron chi connectivity index (χ2n) is 11.8. The summed E-state index contributed by atoms with van der Waals surface area (Å²) in [6.07, 6.45) is 2.32. The third-order valence-electron chi connectivity index (χ3n) is 8.43. The number of hydrazine groups is 1. The number of nitrogens with one attached hydrogen (secondary N) is 2. The predicted octanol–water partition coefficient (Wildman–Crippen LogP) is 4.42. The second kappa shape index (κ2) is 11.8. The van der Waals surface area contributed by atoms with Crippen molar-refractivity contribution in [1.29, 1.82) is 0 Å². The molecule has 1 atom stereocenters. The summed E-state index contributed by atoms with van der Waals surface area (Å²) in [5, 5.41) is 0.434. The maximum atomic E-state index is 16.4. The zero-order valence-corrected chi connectivity index (χ0v) is 27.3. The minimum absolute atomic E-state index is 0.0147. The minimum Gasteiger partial charge on any atom is -0.350 e. The van der Waals surface area contributed by atoms with Gasteiger partial charge in [0.25, 0.3) is 0 Å². The Morgan fingerprint density at radius 1 is 1.20 bits per heavy atom. The van der Waals surface area contributed by atoms with Crippen LogP contribution in [-0.4, -0.2) is 65.7 Å². The van der Waals surface area contributed by atoms with Gasteiger partial charge in [0.05, 0.1) is 26.7 Å². The van der Waals surface area contributed by atoms with Crippen LogP contribution in [-0.2, 0) is 21.2 Å². The molecule has 1 saturated heterocycles. The van der Waals surface area contributed by atoms with Crippen LogP contribution in [0.25, 0.3) is 28.0 Å². The number of pyridine rings is 1. The highest BCUT2D eigenvalue weighted by molar-refractivity contribution is 7.90. The zero-order valence-electron chi connectivity index (χ0n) is 25.8. The molecule has 240 valence electrons. The van der Waals surface area contributed by atoms with Gasteiger partial charge in [0.1, 0.15) is 11.5 Å². The number of fused-ring (bicyclic) bond motifs is 2. The number of rotatable bonds is 6. The Morgan fingerprint density at radius 3 is 2.63 bits per heavy atom. The lowest BCUT2D eigenvalue weighted by Gasteiger charge is -2.40. The summed E-state index contributed by atoms with van der Waals surface area (Å²) in [7, 11) is -3.85. The van der Waals surface area contributed by atoms with E-state index in [-0.39, 0.29) is 56.0 Å². The predicted molar refractivity (Wildman–Crippen MR) is 177 cm³/mol. The molecule has 1 fully saturated rings. The van der Waals surface area contributed by atoms with Gasteiger partial charge in [-0.1, -0.05) is 50.2 Å². The minimum atomic E-state index is -3.85. The average molecular weight is 666 g/mol. The number of anilines is 2. The number of nitrogens with zero attached hydrogens (tertiary/aromatic N) is 5. The van der Waals surface area contributed by atoms with Crippen molar-refractivity contribution in [2.45, 2.75) is 44.2 Å². The standard InChI is InChI=1S/C32H33ClFN7O4S/c1-6-25(42)39-12-13-40(18(4)16-39)30-21-14-23(34)28(26-22(33)11-10-19-15-35-38-27(19)26)36-31(21)41(32(43)37-30)29-20(17(2)3)8-7-9-24(29)46(5,44)45/h6-11,14,17-18,35,38H,1,12-13,15-16H2,2-5H3/t18-/m0/s1. The molecule has 4 aromatic rings. The van der Waals surface area contributed by atoms with Crippen LogP contribution in [0.4, 0.5) is 15.9 Å². The first-order valence-electron chi connectivity index (χ1n) is 14.8. The molecule has 0 aliphatic carbocycles. The lowest BCUT2D eigenvalue weighted by atomic mass is 10.0. The third kappa shape index (κ3) is 5.31. The van der Waals surface area contributed by atoms with Crippen LogP contribution < -0.4 is 21.4 Å². The van der Waals surface area contributed by atoms with E-state index in [1.165, 1.54) is 22.8 Å². The molecular formula is C32H33ClFN7O4S. The van der Waals surface area contributed by atoms with Crippen LogP contribution in [0.5, 0.6) is 0 Å². The molecule has 2 N–H and O–H groups in total. The summed E-state index contributed by atoms with van der Waals surface area (Å²) >= 11 is 6.65. The third-order valence-corrected chi connectivity index (χ3v) is 9.88. The van der Waals surface area contributed by atoms with Crippen molar-refractivity contribution in [3.63, 3.8) is 0 Å². The number of hydrogen-bond donors (Lipinski definition) is 2. The van der Waals surface area contributed by atoms with Gasteiger partial charge in [-0.15, -0.1) is 0 Å². The van der Waals surface area contributed by atoms with Gasteiger partial charge in [-0.25, -0.2) is 32.6 Å². The molecular weight excluding hydrogens is 633 g/mol. The maximum Gasteiger partial charge on any atom is 0.355 e. The van der Waals surface area contributed by atoms with Crippen molar-refractivity contribution in [2.75, 3.05) is 36.2 Å². The van der Waals surface area contributed by atoms with E-state index < -0.39 is 21.3 Å². The molecule has 46 heavy (non-hydrogen) atoms. The van der Waals surface area contributed by atoms with E-state index in [0.29, 0.717) is 43.0 Å². The average Bonchev–Trinajstić information content (AvgIpc) is 3.48. The monoisotopic (exact) mass is 665 g/mol. The molecule has 2 aromatic carbocycles.